The first-order chi connectivity index (χ1) is 6.27. The Morgan fingerprint density at radius 3 is 2.54 bits per heavy atom. The van der Waals surface area contributed by atoms with E-state index in [1.165, 1.54) is 0 Å². The third-order valence-corrected chi connectivity index (χ3v) is 2.04. The van der Waals surface area contributed by atoms with Gasteiger partial charge in [0.25, 0.3) is 0 Å². The molecular formula is C11H10N2. The Bertz CT molecular complexity index is 460. The molecule has 13 heavy (non-hydrogen) atoms. The molecule has 0 atom stereocenters. The highest BCUT2D eigenvalue weighted by atomic mass is 15.1. The first kappa shape index (κ1) is 7.92. The van der Waals surface area contributed by atoms with Crippen LogP contribution in [-0.2, 0) is 0 Å². The predicted octanol–water partition coefficient (Wildman–Crippen LogP) is 2.66. The van der Waals surface area contributed by atoms with Crippen LogP contribution in [0.15, 0.2) is 37.2 Å². The average Bonchev–Trinajstić information content (AvgIpc) is 2.17. The molecule has 1 heterocycles. The fourth-order valence-corrected chi connectivity index (χ4v) is 1.26. The van der Waals surface area contributed by atoms with Gasteiger partial charge in [-0.25, -0.2) is 0 Å². The van der Waals surface area contributed by atoms with Gasteiger partial charge < -0.3 is 0 Å². The molecule has 1 aromatic carbocycles. The lowest BCUT2D eigenvalue weighted by atomic mass is 10.1. The molecule has 0 fully saturated rings. The van der Waals surface area contributed by atoms with Crippen molar-refractivity contribution in [3.8, 4) is 0 Å². The maximum Gasteiger partial charge on any atom is 0.0574 e. The van der Waals surface area contributed by atoms with Crippen LogP contribution in [-0.4, -0.2) is 10.2 Å². The van der Waals surface area contributed by atoms with Gasteiger partial charge in [0.2, 0.25) is 0 Å². The van der Waals surface area contributed by atoms with Crippen LogP contribution < -0.4 is 0 Å². The summed E-state index contributed by atoms with van der Waals surface area (Å²) in [5.74, 6) is 0. The highest BCUT2D eigenvalue weighted by Crippen LogP contribution is 2.18. The maximum atomic E-state index is 3.90. The summed E-state index contributed by atoms with van der Waals surface area (Å²) in [6.07, 6.45) is 3.53. The van der Waals surface area contributed by atoms with Crippen LogP contribution in [0.25, 0.3) is 16.3 Å². The van der Waals surface area contributed by atoms with E-state index < -0.39 is 0 Å². The number of hydrogen-bond acceptors (Lipinski definition) is 2. The van der Waals surface area contributed by atoms with Gasteiger partial charge in [-0.2, -0.15) is 10.2 Å². The highest BCUT2D eigenvalue weighted by Gasteiger charge is 1.96. The van der Waals surface area contributed by atoms with E-state index in [9.17, 15) is 0 Å². The van der Waals surface area contributed by atoms with Crippen molar-refractivity contribution in [2.75, 3.05) is 0 Å². The van der Waals surface area contributed by atoms with Crippen LogP contribution in [0.1, 0.15) is 12.5 Å². The zero-order valence-corrected chi connectivity index (χ0v) is 7.49. The second kappa shape index (κ2) is 2.98. The molecule has 0 spiro atoms. The van der Waals surface area contributed by atoms with Gasteiger partial charge in [-0.05, 0) is 18.6 Å². The zero-order chi connectivity index (χ0) is 9.26. The normalized spacial score (nSPS) is 10.2. The van der Waals surface area contributed by atoms with Crippen LogP contribution in [0.2, 0.25) is 0 Å². The summed E-state index contributed by atoms with van der Waals surface area (Å²) in [6.45, 7) is 5.89. The molecular weight excluding hydrogens is 160 g/mol. The minimum absolute atomic E-state index is 1.07. The van der Waals surface area contributed by atoms with Crippen LogP contribution >= 0.6 is 0 Å². The third kappa shape index (κ3) is 1.43. The van der Waals surface area contributed by atoms with Gasteiger partial charge in [0, 0.05) is 10.8 Å². The Balaban J connectivity index is 2.69. The quantitative estimate of drug-likeness (QED) is 0.657. The lowest BCUT2D eigenvalue weighted by Gasteiger charge is -2.00. The van der Waals surface area contributed by atoms with E-state index in [2.05, 4.69) is 22.8 Å². The monoisotopic (exact) mass is 170 g/mol. The number of rotatable bonds is 1. The maximum absolute atomic E-state index is 3.90. The fraction of sp³-hybridized carbons (Fsp3) is 0.0909. The van der Waals surface area contributed by atoms with Crippen molar-refractivity contribution in [3.63, 3.8) is 0 Å². The minimum atomic E-state index is 1.07. The second-order valence-corrected chi connectivity index (χ2v) is 3.11. The Kier molecular flexibility index (Phi) is 1.81. The summed E-state index contributed by atoms with van der Waals surface area (Å²) < 4.78 is 0. The molecule has 0 saturated carbocycles. The number of hydrogen-bond donors (Lipinski definition) is 0. The first-order valence-electron chi connectivity index (χ1n) is 4.14. The van der Waals surface area contributed by atoms with Crippen molar-refractivity contribution in [2.24, 2.45) is 0 Å². The Hall–Kier alpha value is -1.70. The number of nitrogens with zero attached hydrogens (tertiary/aromatic N) is 2. The summed E-state index contributed by atoms with van der Waals surface area (Å²) in [4.78, 5) is 0. The smallest absolute Gasteiger partial charge is 0.0574 e. The summed E-state index contributed by atoms with van der Waals surface area (Å²) in [6, 6.07) is 6.16. The molecule has 2 rings (SSSR count). The molecule has 0 amide bonds. The van der Waals surface area contributed by atoms with Crippen molar-refractivity contribution in [1.82, 2.24) is 10.2 Å². The SMILES string of the molecule is C=C(C)c1ccc2cnncc2c1. The van der Waals surface area contributed by atoms with E-state index in [4.69, 9.17) is 0 Å². The van der Waals surface area contributed by atoms with Crippen molar-refractivity contribution in [1.29, 1.82) is 0 Å². The van der Waals surface area contributed by atoms with Gasteiger partial charge in [-0.15, -0.1) is 0 Å². The summed E-state index contributed by atoms with van der Waals surface area (Å²) >= 11 is 0. The topological polar surface area (TPSA) is 25.8 Å². The van der Waals surface area contributed by atoms with Crippen LogP contribution in [0.4, 0.5) is 0 Å². The van der Waals surface area contributed by atoms with Gasteiger partial charge in [-0.3, -0.25) is 0 Å². The van der Waals surface area contributed by atoms with Crippen molar-refractivity contribution >= 4 is 16.3 Å². The Morgan fingerprint density at radius 1 is 1.15 bits per heavy atom. The van der Waals surface area contributed by atoms with E-state index in [1.54, 1.807) is 12.4 Å². The van der Waals surface area contributed by atoms with Crippen LogP contribution in [0, 0.1) is 0 Å². The predicted molar refractivity (Wildman–Crippen MR) is 54.2 cm³/mol. The van der Waals surface area contributed by atoms with Gasteiger partial charge >= 0.3 is 0 Å². The molecule has 0 bridgehead atoms. The minimum Gasteiger partial charge on any atom is -0.158 e. The zero-order valence-electron chi connectivity index (χ0n) is 7.49. The van der Waals surface area contributed by atoms with Crippen molar-refractivity contribution in [2.45, 2.75) is 6.92 Å². The fourth-order valence-electron chi connectivity index (χ4n) is 1.26. The number of fused-ring (bicyclic) bond motifs is 1. The third-order valence-electron chi connectivity index (χ3n) is 2.04. The first-order valence-corrected chi connectivity index (χ1v) is 4.14. The number of aromatic nitrogens is 2. The molecule has 0 aliphatic heterocycles. The largest absolute Gasteiger partial charge is 0.158 e. The van der Waals surface area contributed by atoms with Crippen molar-refractivity contribution in [3.05, 3.63) is 42.7 Å². The van der Waals surface area contributed by atoms with Crippen LogP contribution in [0.3, 0.4) is 0 Å². The molecule has 2 aromatic rings. The van der Waals surface area contributed by atoms with E-state index in [1.807, 2.05) is 19.1 Å². The lowest BCUT2D eigenvalue weighted by Crippen LogP contribution is -1.82. The molecule has 0 aliphatic rings. The molecule has 1 aromatic heterocycles. The van der Waals surface area contributed by atoms with Gasteiger partial charge in [0.05, 0.1) is 12.4 Å². The average molecular weight is 170 g/mol. The van der Waals surface area contributed by atoms with Crippen molar-refractivity contribution < 1.29 is 0 Å². The molecule has 64 valence electrons. The second-order valence-electron chi connectivity index (χ2n) is 3.11. The number of benzene rings is 1. The molecule has 0 radical (unpaired) electrons. The lowest BCUT2D eigenvalue weighted by molar-refractivity contribution is 1.05. The number of allylic oxidation sites excluding steroid dienone is 1. The van der Waals surface area contributed by atoms with E-state index in [0.29, 0.717) is 0 Å². The Labute approximate surface area is 76.9 Å². The molecule has 0 saturated heterocycles. The summed E-state index contributed by atoms with van der Waals surface area (Å²) in [7, 11) is 0. The standard InChI is InChI=1S/C11H10N2/c1-8(2)9-3-4-10-6-12-13-7-11(10)5-9/h3-7H,1H2,2H3. The molecule has 0 unspecified atom stereocenters. The molecule has 0 N–H and O–H groups in total. The van der Waals surface area contributed by atoms with Gasteiger partial charge in [-0.1, -0.05) is 24.3 Å². The highest BCUT2D eigenvalue weighted by molar-refractivity contribution is 5.84. The van der Waals surface area contributed by atoms with E-state index in [0.717, 1.165) is 21.9 Å². The Morgan fingerprint density at radius 2 is 1.85 bits per heavy atom. The van der Waals surface area contributed by atoms with Gasteiger partial charge in [0.15, 0.2) is 0 Å². The summed E-state index contributed by atoms with van der Waals surface area (Å²) in [5.41, 5.74) is 2.22. The molecule has 2 heteroatoms. The summed E-state index contributed by atoms with van der Waals surface area (Å²) in [5, 5.41) is 9.87. The van der Waals surface area contributed by atoms with E-state index in [-0.39, 0.29) is 0 Å². The van der Waals surface area contributed by atoms with Crippen LogP contribution in [0.5, 0.6) is 0 Å². The van der Waals surface area contributed by atoms with E-state index >= 15 is 0 Å². The molecule has 0 aliphatic carbocycles. The molecule has 2 nitrogen and oxygen atoms in total. The van der Waals surface area contributed by atoms with Gasteiger partial charge in [0.1, 0.15) is 0 Å².